The Balaban J connectivity index is 1.53. The highest BCUT2D eigenvalue weighted by Crippen LogP contribution is 2.23. The largest absolute Gasteiger partial charge is 0.495 e. The predicted octanol–water partition coefficient (Wildman–Crippen LogP) is 2.15. The Labute approximate surface area is 177 Å². The van der Waals surface area contributed by atoms with Crippen LogP contribution in [0.2, 0.25) is 0 Å². The maximum atomic E-state index is 12.9. The van der Waals surface area contributed by atoms with Gasteiger partial charge in [0.25, 0.3) is 5.56 Å². The number of methoxy groups -OCH3 is 1. The van der Waals surface area contributed by atoms with Crippen molar-refractivity contribution in [1.29, 1.82) is 5.26 Å². The molecule has 2 aromatic carbocycles. The lowest BCUT2D eigenvalue weighted by Gasteiger charge is -2.11. The highest BCUT2D eigenvalue weighted by atomic mass is 16.5. The van der Waals surface area contributed by atoms with E-state index in [0.717, 1.165) is 12.0 Å². The van der Waals surface area contributed by atoms with E-state index in [9.17, 15) is 10.1 Å². The van der Waals surface area contributed by atoms with E-state index in [2.05, 4.69) is 37.0 Å². The van der Waals surface area contributed by atoms with Crippen molar-refractivity contribution < 1.29 is 4.74 Å². The summed E-state index contributed by atoms with van der Waals surface area (Å²) in [6.07, 6.45) is 4.58. The van der Waals surface area contributed by atoms with Crippen LogP contribution >= 0.6 is 0 Å². The minimum Gasteiger partial charge on any atom is -0.495 e. The molecule has 2 aromatic heterocycles. The van der Waals surface area contributed by atoms with Crippen molar-refractivity contribution in [1.82, 2.24) is 30.2 Å². The molecule has 10 nitrogen and oxygen atoms in total. The van der Waals surface area contributed by atoms with Crippen LogP contribution in [0, 0.1) is 11.3 Å². The van der Waals surface area contributed by atoms with E-state index in [1.807, 2.05) is 24.3 Å². The number of aromatic amines is 1. The molecule has 0 amide bonds. The zero-order chi connectivity index (χ0) is 21.6. The van der Waals surface area contributed by atoms with Gasteiger partial charge in [-0.05, 0) is 42.3 Å². The first-order valence-corrected chi connectivity index (χ1v) is 9.42. The fourth-order valence-electron chi connectivity index (χ4n) is 3.08. The molecule has 0 aliphatic heterocycles. The van der Waals surface area contributed by atoms with Gasteiger partial charge in [-0.2, -0.15) is 10.5 Å². The number of aryl methyl sites for hydroxylation is 2. The molecule has 0 saturated carbocycles. The molecule has 0 spiro atoms. The summed E-state index contributed by atoms with van der Waals surface area (Å²) in [5.74, 6) is 1.27. The topological polar surface area (TPSA) is 134 Å². The van der Waals surface area contributed by atoms with Crippen LogP contribution in [0.25, 0.3) is 5.69 Å². The number of H-pyrrole nitrogens is 1. The number of benzene rings is 2. The second-order valence-corrected chi connectivity index (χ2v) is 6.60. The van der Waals surface area contributed by atoms with Crippen LogP contribution in [0.15, 0.2) is 59.7 Å². The van der Waals surface area contributed by atoms with E-state index in [-0.39, 0.29) is 11.4 Å². The van der Waals surface area contributed by atoms with Crippen molar-refractivity contribution >= 4 is 11.5 Å². The Morgan fingerprint density at radius 2 is 2.03 bits per heavy atom. The van der Waals surface area contributed by atoms with Crippen LogP contribution in [-0.4, -0.2) is 37.3 Å². The van der Waals surface area contributed by atoms with Crippen LogP contribution in [0.4, 0.5) is 11.5 Å². The first kappa shape index (κ1) is 19.8. The van der Waals surface area contributed by atoms with Crippen molar-refractivity contribution in [3.63, 3.8) is 0 Å². The van der Waals surface area contributed by atoms with Gasteiger partial charge in [-0.25, -0.2) is 4.98 Å². The molecule has 154 valence electrons. The number of hydrogen-bond donors (Lipinski definition) is 2. The number of nitrogens with zero attached hydrogens (tertiary/aromatic N) is 6. The third kappa shape index (κ3) is 4.40. The van der Waals surface area contributed by atoms with Gasteiger partial charge in [0.15, 0.2) is 11.6 Å². The van der Waals surface area contributed by atoms with Gasteiger partial charge >= 0.3 is 0 Å². The average molecular weight is 414 g/mol. The Kier molecular flexibility index (Phi) is 5.66. The fourth-order valence-corrected chi connectivity index (χ4v) is 3.08. The van der Waals surface area contributed by atoms with Crippen molar-refractivity contribution in [2.45, 2.75) is 12.8 Å². The van der Waals surface area contributed by atoms with Crippen molar-refractivity contribution in [3.8, 4) is 17.5 Å². The molecular weight excluding hydrogens is 396 g/mol. The van der Waals surface area contributed by atoms with E-state index in [0.29, 0.717) is 34.9 Å². The van der Waals surface area contributed by atoms with Gasteiger partial charge in [-0.3, -0.25) is 9.36 Å². The maximum Gasteiger partial charge on any atom is 0.298 e. The first-order valence-electron chi connectivity index (χ1n) is 9.42. The van der Waals surface area contributed by atoms with E-state index in [4.69, 9.17) is 4.74 Å². The maximum absolute atomic E-state index is 12.9. The molecule has 0 saturated heterocycles. The molecule has 4 aromatic rings. The number of nitriles is 1. The smallest absolute Gasteiger partial charge is 0.298 e. The third-order valence-corrected chi connectivity index (χ3v) is 4.66. The monoisotopic (exact) mass is 414 g/mol. The number of rotatable bonds is 7. The Morgan fingerprint density at radius 3 is 2.74 bits per heavy atom. The Hall–Kier alpha value is -4.52. The molecule has 0 aliphatic rings. The average Bonchev–Trinajstić information content (AvgIpc) is 3.33. The standard InChI is InChI=1S/C21H18N8O2/c1-31-18-8-5-16(12-15(18)13-22)24-20-21(30)29(11-10-23-20)17-6-2-14(3-7-17)4-9-19-25-27-28-26-19/h2-3,5-8,10-12H,4,9H2,1H3,(H,23,24)(H,25,26,27,28). The minimum absolute atomic E-state index is 0.151. The predicted molar refractivity (Wildman–Crippen MR) is 112 cm³/mol. The summed E-state index contributed by atoms with van der Waals surface area (Å²) in [5.41, 5.74) is 2.43. The number of hydrogen-bond acceptors (Lipinski definition) is 8. The highest BCUT2D eigenvalue weighted by Gasteiger charge is 2.10. The molecule has 0 bridgehead atoms. The molecule has 4 rings (SSSR count). The van der Waals surface area contributed by atoms with Crippen LogP contribution in [0.3, 0.4) is 0 Å². The van der Waals surface area contributed by atoms with Gasteiger partial charge in [0.1, 0.15) is 11.8 Å². The molecule has 0 atom stereocenters. The van der Waals surface area contributed by atoms with E-state index >= 15 is 0 Å². The molecule has 0 fully saturated rings. The van der Waals surface area contributed by atoms with E-state index in [1.54, 1.807) is 30.6 Å². The normalized spacial score (nSPS) is 10.5. The molecule has 31 heavy (non-hydrogen) atoms. The lowest BCUT2D eigenvalue weighted by Crippen LogP contribution is -2.21. The SMILES string of the molecule is COc1ccc(Nc2nccn(-c3ccc(CCc4nn[nH]n4)cc3)c2=O)cc1C#N. The van der Waals surface area contributed by atoms with Crippen LogP contribution in [0.1, 0.15) is 17.0 Å². The number of aromatic nitrogens is 6. The molecule has 0 aliphatic carbocycles. The van der Waals surface area contributed by atoms with Gasteiger partial charge in [0.05, 0.1) is 12.7 Å². The zero-order valence-electron chi connectivity index (χ0n) is 16.6. The van der Waals surface area contributed by atoms with Crippen LogP contribution < -0.4 is 15.6 Å². The second-order valence-electron chi connectivity index (χ2n) is 6.60. The molecule has 0 unspecified atom stereocenters. The molecular formula is C21H18N8O2. The fraction of sp³-hybridized carbons (Fsp3) is 0.143. The summed E-state index contributed by atoms with van der Waals surface area (Å²) in [5, 5.41) is 26.1. The van der Waals surface area contributed by atoms with Gasteiger partial charge in [0.2, 0.25) is 0 Å². The van der Waals surface area contributed by atoms with E-state index < -0.39 is 0 Å². The Bertz CT molecular complexity index is 1270. The Morgan fingerprint density at radius 1 is 1.19 bits per heavy atom. The lowest BCUT2D eigenvalue weighted by atomic mass is 10.1. The van der Waals surface area contributed by atoms with Gasteiger partial charge in [0, 0.05) is 30.2 Å². The zero-order valence-corrected chi connectivity index (χ0v) is 16.6. The summed E-state index contributed by atoms with van der Waals surface area (Å²) in [4.78, 5) is 17.1. The summed E-state index contributed by atoms with van der Waals surface area (Å²) < 4.78 is 6.65. The van der Waals surface area contributed by atoms with Crippen molar-refractivity contribution in [3.05, 3.63) is 82.2 Å². The summed E-state index contributed by atoms with van der Waals surface area (Å²) >= 11 is 0. The number of anilines is 2. The molecule has 0 radical (unpaired) electrons. The second kappa shape index (κ2) is 8.87. The summed E-state index contributed by atoms with van der Waals surface area (Å²) in [6.45, 7) is 0. The van der Waals surface area contributed by atoms with Crippen LogP contribution in [0.5, 0.6) is 5.75 Å². The van der Waals surface area contributed by atoms with Crippen molar-refractivity contribution in [2.24, 2.45) is 0 Å². The lowest BCUT2D eigenvalue weighted by molar-refractivity contribution is 0.413. The van der Waals surface area contributed by atoms with Crippen molar-refractivity contribution in [2.75, 3.05) is 12.4 Å². The molecule has 10 heteroatoms. The number of tetrazole rings is 1. The highest BCUT2D eigenvalue weighted by molar-refractivity contribution is 5.61. The first-order chi connectivity index (χ1) is 15.2. The molecule has 2 N–H and O–H groups in total. The number of nitrogens with one attached hydrogen (secondary N) is 2. The van der Waals surface area contributed by atoms with Gasteiger partial charge < -0.3 is 10.1 Å². The van der Waals surface area contributed by atoms with Gasteiger partial charge in [-0.15, -0.1) is 10.2 Å². The quantitative estimate of drug-likeness (QED) is 0.470. The summed E-state index contributed by atoms with van der Waals surface area (Å²) in [7, 11) is 1.50. The van der Waals surface area contributed by atoms with E-state index in [1.165, 1.54) is 11.7 Å². The van der Waals surface area contributed by atoms with Crippen LogP contribution in [-0.2, 0) is 12.8 Å². The molecule has 2 heterocycles. The third-order valence-electron chi connectivity index (χ3n) is 4.66. The minimum atomic E-state index is -0.309. The number of ether oxygens (including phenoxy) is 1. The summed E-state index contributed by atoms with van der Waals surface area (Å²) in [6, 6.07) is 14.7. The van der Waals surface area contributed by atoms with Gasteiger partial charge in [-0.1, -0.05) is 17.3 Å².